The second-order valence-corrected chi connectivity index (χ2v) is 4.35. The molecule has 1 aromatic rings. The summed E-state index contributed by atoms with van der Waals surface area (Å²) < 4.78 is 5.14. The van der Waals surface area contributed by atoms with Crippen LogP contribution < -0.4 is 21.1 Å². The summed E-state index contributed by atoms with van der Waals surface area (Å²) in [7, 11) is 4.75. The fourth-order valence-corrected chi connectivity index (χ4v) is 1.64. The van der Waals surface area contributed by atoms with Crippen molar-refractivity contribution in [3.63, 3.8) is 0 Å². The van der Waals surface area contributed by atoms with Crippen LogP contribution in [0.1, 0.15) is 0 Å². The van der Waals surface area contributed by atoms with Gasteiger partial charge in [-0.25, -0.2) is 0 Å². The Hall–Kier alpha value is -2.28. The van der Waals surface area contributed by atoms with Gasteiger partial charge in [-0.05, 0) is 25.2 Å². The van der Waals surface area contributed by atoms with Gasteiger partial charge in [-0.2, -0.15) is 0 Å². The summed E-state index contributed by atoms with van der Waals surface area (Å²) in [5.41, 5.74) is 6.71. The Labute approximate surface area is 118 Å². The molecule has 7 nitrogen and oxygen atoms in total. The maximum atomic E-state index is 11.9. The van der Waals surface area contributed by atoms with E-state index in [4.69, 9.17) is 10.5 Å². The smallest absolute Gasteiger partial charge is 0.238 e. The lowest BCUT2D eigenvalue weighted by atomic mass is 10.2. The van der Waals surface area contributed by atoms with Crippen molar-refractivity contribution in [1.82, 2.24) is 10.2 Å². The number of ether oxygens (including phenoxy) is 1. The molecule has 2 amide bonds. The number of hydrogen-bond donors (Lipinski definition) is 3. The fourth-order valence-electron chi connectivity index (χ4n) is 1.64. The molecule has 0 aliphatic carbocycles. The molecular weight excluding hydrogens is 260 g/mol. The zero-order valence-corrected chi connectivity index (χ0v) is 11.9. The Balaban J connectivity index is 2.62. The number of methoxy groups -OCH3 is 1. The summed E-state index contributed by atoms with van der Waals surface area (Å²) in [5.74, 6) is 0.128. The number of amides is 2. The van der Waals surface area contributed by atoms with Gasteiger partial charge in [0.2, 0.25) is 11.8 Å². The molecule has 0 unspecified atom stereocenters. The molecule has 0 radical (unpaired) electrons. The van der Waals surface area contributed by atoms with Gasteiger partial charge in [0.15, 0.2) is 0 Å². The van der Waals surface area contributed by atoms with Gasteiger partial charge in [-0.1, -0.05) is 0 Å². The van der Waals surface area contributed by atoms with Crippen molar-refractivity contribution >= 4 is 23.2 Å². The minimum Gasteiger partial charge on any atom is -0.495 e. The Morgan fingerprint density at radius 1 is 1.30 bits per heavy atom. The first-order valence-electron chi connectivity index (χ1n) is 6.08. The summed E-state index contributed by atoms with van der Waals surface area (Å²) in [5, 5.41) is 5.20. The molecular formula is C13H20N4O3. The van der Waals surface area contributed by atoms with Gasteiger partial charge in [0.1, 0.15) is 5.75 Å². The monoisotopic (exact) mass is 280 g/mol. The van der Waals surface area contributed by atoms with Crippen LogP contribution >= 0.6 is 0 Å². The van der Waals surface area contributed by atoms with Crippen molar-refractivity contribution in [2.24, 2.45) is 0 Å². The van der Waals surface area contributed by atoms with Crippen LogP contribution in [0.15, 0.2) is 18.2 Å². The number of nitrogens with two attached hydrogens (primary N) is 1. The molecule has 0 aliphatic rings. The van der Waals surface area contributed by atoms with E-state index in [0.29, 0.717) is 17.1 Å². The first-order chi connectivity index (χ1) is 9.46. The number of likely N-dealkylation sites (N-methyl/N-ethyl adjacent to an activating group) is 2. The molecule has 0 spiro atoms. The molecule has 0 bridgehead atoms. The molecule has 0 aliphatic heterocycles. The number of nitrogens with one attached hydrogen (secondary N) is 2. The molecule has 0 saturated heterocycles. The highest BCUT2D eigenvalue weighted by Crippen LogP contribution is 2.26. The van der Waals surface area contributed by atoms with Crippen molar-refractivity contribution in [1.29, 1.82) is 0 Å². The lowest BCUT2D eigenvalue weighted by Crippen LogP contribution is -2.37. The highest BCUT2D eigenvalue weighted by atomic mass is 16.5. The highest BCUT2D eigenvalue weighted by molar-refractivity contribution is 5.94. The van der Waals surface area contributed by atoms with Crippen molar-refractivity contribution in [2.45, 2.75) is 0 Å². The standard InChI is InChI=1S/C13H20N4O3/c1-15-12(18)7-17(2)8-13(19)16-10-6-9(14)4-5-11(10)20-3/h4-6H,7-8,14H2,1-3H3,(H,15,18)(H,16,19). The predicted molar refractivity (Wildman–Crippen MR) is 77.6 cm³/mol. The molecule has 4 N–H and O–H groups in total. The van der Waals surface area contributed by atoms with Crippen LogP contribution in [-0.4, -0.2) is 51.0 Å². The molecule has 20 heavy (non-hydrogen) atoms. The molecule has 0 heterocycles. The number of anilines is 2. The average Bonchev–Trinajstić information content (AvgIpc) is 2.38. The van der Waals surface area contributed by atoms with Crippen LogP contribution in [0.2, 0.25) is 0 Å². The van der Waals surface area contributed by atoms with Crippen molar-refractivity contribution in [3.05, 3.63) is 18.2 Å². The fraction of sp³-hybridized carbons (Fsp3) is 0.385. The Kier molecular flexibility index (Phi) is 5.79. The van der Waals surface area contributed by atoms with E-state index in [9.17, 15) is 9.59 Å². The maximum Gasteiger partial charge on any atom is 0.238 e. The maximum absolute atomic E-state index is 11.9. The largest absolute Gasteiger partial charge is 0.495 e. The number of nitrogens with zero attached hydrogens (tertiary/aromatic N) is 1. The van der Waals surface area contributed by atoms with Gasteiger partial charge in [0.05, 0.1) is 25.9 Å². The molecule has 0 saturated carbocycles. The summed E-state index contributed by atoms with van der Waals surface area (Å²) in [6.45, 7) is 0.239. The van der Waals surface area contributed by atoms with Gasteiger partial charge in [-0.15, -0.1) is 0 Å². The summed E-state index contributed by atoms with van der Waals surface area (Å²) in [4.78, 5) is 24.7. The molecule has 7 heteroatoms. The Morgan fingerprint density at radius 2 is 1.95 bits per heavy atom. The summed E-state index contributed by atoms with van der Waals surface area (Å²) >= 11 is 0. The lowest BCUT2D eigenvalue weighted by Gasteiger charge is -2.16. The van der Waals surface area contributed by atoms with E-state index >= 15 is 0 Å². The van der Waals surface area contributed by atoms with Crippen molar-refractivity contribution < 1.29 is 14.3 Å². The number of carbonyl (C=O) groups excluding carboxylic acids is 2. The molecule has 0 atom stereocenters. The normalized spacial score (nSPS) is 10.2. The third kappa shape index (κ3) is 4.77. The SMILES string of the molecule is CNC(=O)CN(C)CC(=O)Nc1cc(N)ccc1OC. The minimum atomic E-state index is -0.250. The first kappa shape index (κ1) is 15.8. The van der Waals surface area contributed by atoms with Crippen LogP contribution in [0.4, 0.5) is 11.4 Å². The van der Waals surface area contributed by atoms with Crippen LogP contribution in [0, 0.1) is 0 Å². The van der Waals surface area contributed by atoms with E-state index in [0.717, 1.165) is 0 Å². The number of hydrogen-bond acceptors (Lipinski definition) is 5. The molecule has 1 rings (SSSR count). The van der Waals surface area contributed by atoms with E-state index in [1.54, 1.807) is 37.2 Å². The van der Waals surface area contributed by atoms with Crippen molar-refractivity contribution in [3.8, 4) is 5.75 Å². The summed E-state index contributed by atoms with van der Waals surface area (Å²) in [6.07, 6.45) is 0. The zero-order valence-electron chi connectivity index (χ0n) is 11.9. The number of benzene rings is 1. The van der Waals surface area contributed by atoms with E-state index < -0.39 is 0 Å². The molecule has 1 aromatic carbocycles. The zero-order chi connectivity index (χ0) is 15.1. The van der Waals surface area contributed by atoms with Crippen molar-refractivity contribution in [2.75, 3.05) is 45.3 Å². The third-order valence-corrected chi connectivity index (χ3v) is 2.60. The van der Waals surface area contributed by atoms with Crippen LogP contribution in [0.3, 0.4) is 0 Å². The van der Waals surface area contributed by atoms with Gasteiger partial charge in [0, 0.05) is 12.7 Å². The van der Waals surface area contributed by atoms with Crippen LogP contribution in [-0.2, 0) is 9.59 Å². The van der Waals surface area contributed by atoms with Crippen LogP contribution in [0.25, 0.3) is 0 Å². The van der Waals surface area contributed by atoms with E-state index in [-0.39, 0.29) is 24.9 Å². The van der Waals surface area contributed by atoms with Gasteiger partial charge in [0.25, 0.3) is 0 Å². The number of carbonyl (C=O) groups is 2. The third-order valence-electron chi connectivity index (χ3n) is 2.60. The highest BCUT2D eigenvalue weighted by Gasteiger charge is 2.12. The minimum absolute atomic E-state index is 0.0887. The van der Waals surface area contributed by atoms with Gasteiger partial charge >= 0.3 is 0 Å². The second kappa shape index (κ2) is 7.34. The predicted octanol–water partition coefficient (Wildman–Crippen LogP) is -0.106. The van der Waals surface area contributed by atoms with Gasteiger partial charge < -0.3 is 21.1 Å². The number of rotatable bonds is 6. The first-order valence-corrected chi connectivity index (χ1v) is 6.08. The molecule has 0 aromatic heterocycles. The average molecular weight is 280 g/mol. The van der Waals surface area contributed by atoms with E-state index in [1.807, 2.05) is 0 Å². The molecule has 110 valence electrons. The molecule has 0 fully saturated rings. The van der Waals surface area contributed by atoms with Gasteiger partial charge in [-0.3, -0.25) is 14.5 Å². The number of nitrogen functional groups attached to an aromatic ring is 1. The topological polar surface area (TPSA) is 96.7 Å². The van der Waals surface area contributed by atoms with E-state index in [2.05, 4.69) is 10.6 Å². The summed E-state index contributed by atoms with van der Waals surface area (Å²) in [6, 6.07) is 4.99. The van der Waals surface area contributed by atoms with Crippen LogP contribution in [0.5, 0.6) is 5.75 Å². The Morgan fingerprint density at radius 3 is 2.55 bits per heavy atom. The van der Waals surface area contributed by atoms with E-state index in [1.165, 1.54) is 7.11 Å². The Bertz CT molecular complexity index is 491. The quantitative estimate of drug-likeness (QED) is 0.632. The second-order valence-electron chi connectivity index (χ2n) is 4.35. The lowest BCUT2D eigenvalue weighted by molar-refractivity contribution is -0.122.